The molecule has 0 bridgehead atoms. The van der Waals surface area contributed by atoms with Gasteiger partial charge in [-0.2, -0.15) is 0 Å². The minimum atomic E-state index is -0.293. The van der Waals surface area contributed by atoms with Crippen LogP contribution in [0.25, 0.3) is 6.08 Å². The highest BCUT2D eigenvalue weighted by Crippen LogP contribution is 2.51. The van der Waals surface area contributed by atoms with Gasteiger partial charge in [-0.15, -0.1) is 11.3 Å². The Kier molecular flexibility index (Phi) is 6.69. The van der Waals surface area contributed by atoms with Crippen LogP contribution in [0.2, 0.25) is 0 Å². The summed E-state index contributed by atoms with van der Waals surface area (Å²) in [6.07, 6.45) is 4.56. The van der Waals surface area contributed by atoms with E-state index in [9.17, 15) is 14.7 Å². The molecule has 6 heteroatoms. The predicted octanol–water partition coefficient (Wildman–Crippen LogP) is 5.81. The largest absolute Gasteiger partial charge is 0.508 e. The summed E-state index contributed by atoms with van der Waals surface area (Å²) >= 11 is 1.58. The van der Waals surface area contributed by atoms with E-state index in [1.54, 1.807) is 23.5 Å². The molecule has 2 fully saturated rings. The van der Waals surface area contributed by atoms with Crippen molar-refractivity contribution in [2.75, 3.05) is 6.61 Å². The van der Waals surface area contributed by atoms with Gasteiger partial charge in [-0.3, -0.25) is 14.5 Å². The Labute approximate surface area is 211 Å². The molecule has 0 unspecified atom stereocenters. The Balaban J connectivity index is 1.34. The third kappa shape index (κ3) is 4.62. The van der Waals surface area contributed by atoms with Crippen molar-refractivity contribution >= 4 is 29.2 Å². The summed E-state index contributed by atoms with van der Waals surface area (Å²) < 4.78 is 6.33. The first kappa shape index (κ1) is 24.0. The van der Waals surface area contributed by atoms with Crippen LogP contribution in [0.1, 0.15) is 50.5 Å². The molecule has 3 heterocycles. The van der Waals surface area contributed by atoms with E-state index in [0.29, 0.717) is 25.5 Å². The first-order chi connectivity index (χ1) is 16.8. The van der Waals surface area contributed by atoms with Crippen LogP contribution >= 0.6 is 11.3 Å². The number of amides is 2. The molecule has 2 aromatic rings. The van der Waals surface area contributed by atoms with E-state index in [1.165, 1.54) is 21.6 Å². The minimum Gasteiger partial charge on any atom is -0.508 e. The van der Waals surface area contributed by atoms with Crippen molar-refractivity contribution in [1.82, 2.24) is 4.90 Å². The number of imide groups is 1. The van der Waals surface area contributed by atoms with E-state index < -0.39 is 0 Å². The number of carbonyl (C=O) groups is 2. The van der Waals surface area contributed by atoms with E-state index in [1.807, 2.05) is 29.6 Å². The number of nitrogens with zero attached hydrogens (tertiary/aromatic N) is 1. The zero-order valence-electron chi connectivity index (χ0n) is 20.6. The number of hydrogen-bond donors (Lipinski definition) is 1. The monoisotopic (exact) mass is 491 g/mol. The maximum Gasteiger partial charge on any atom is 0.234 e. The molecule has 5 rings (SSSR count). The summed E-state index contributed by atoms with van der Waals surface area (Å²) in [5, 5.41) is 11.5. The number of aromatic hydroxyl groups is 1. The number of phenols is 1. The van der Waals surface area contributed by atoms with E-state index in [0.717, 1.165) is 23.3 Å². The second kappa shape index (κ2) is 9.75. The highest BCUT2D eigenvalue weighted by molar-refractivity contribution is 7.09. The van der Waals surface area contributed by atoms with Crippen LogP contribution in [-0.4, -0.2) is 34.5 Å². The maximum absolute atomic E-state index is 13.5. The molecule has 0 radical (unpaired) electrons. The van der Waals surface area contributed by atoms with Gasteiger partial charge in [0.1, 0.15) is 5.75 Å². The van der Waals surface area contributed by atoms with Gasteiger partial charge >= 0.3 is 0 Å². The lowest BCUT2D eigenvalue weighted by Gasteiger charge is -2.33. The Bertz CT molecular complexity index is 1160. The molecular formula is C29H33NO4S. The number of ether oxygens (including phenoxy) is 1. The van der Waals surface area contributed by atoms with Gasteiger partial charge in [-0.05, 0) is 66.8 Å². The van der Waals surface area contributed by atoms with Crippen molar-refractivity contribution in [3.8, 4) is 5.75 Å². The van der Waals surface area contributed by atoms with E-state index in [2.05, 4.69) is 26.8 Å². The number of allylic oxidation sites excluding steroid dienone is 2. The molecule has 1 aromatic heterocycles. The molecule has 2 amide bonds. The van der Waals surface area contributed by atoms with Gasteiger partial charge in [0.05, 0.1) is 31.1 Å². The number of hydrogen-bond acceptors (Lipinski definition) is 5. The Morgan fingerprint density at radius 1 is 1.17 bits per heavy atom. The number of rotatable bonds is 7. The molecule has 0 spiro atoms. The van der Waals surface area contributed by atoms with Gasteiger partial charge in [0.2, 0.25) is 11.8 Å². The SMILES string of the molecule is C/C(=C\c1ccc(O)cc1)CC[C@H]1OC[C@H]2C1=C(C(C)C)C[C@H]1C(=O)N(Cc3cccs3)C(=O)[C@H]12. The number of fused-ring (bicyclic) bond motifs is 3. The molecular weight excluding hydrogens is 458 g/mol. The van der Waals surface area contributed by atoms with Crippen LogP contribution in [0.3, 0.4) is 0 Å². The lowest BCUT2D eigenvalue weighted by molar-refractivity contribution is -0.140. The molecule has 4 atom stereocenters. The maximum atomic E-state index is 13.5. The third-order valence-electron chi connectivity index (χ3n) is 7.73. The number of benzene rings is 1. The van der Waals surface area contributed by atoms with Gasteiger partial charge in [0, 0.05) is 10.8 Å². The lowest BCUT2D eigenvalue weighted by Crippen LogP contribution is -2.35. The van der Waals surface area contributed by atoms with Gasteiger partial charge in [-0.25, -0.2) is 0 Å². The fraction of sp³-hybridized carbons (Fsp3) is 0.448. The van der Waals surface area contributed by atoms with Crippen molar-refractivity contribution in [3.05, 3.63) is 68.9 Å². The summed E-state index contributed by atoms with van der Waals surface area (Å²) in [5.41, 5.74) is 4.92. The minimum absolute atomic E-state index is 0.00215. The summed E-state index contributed by atoms with van der Waals surface area (Å²) in [6.45, 7) is 7.40. The van der Waals surface area contributed by atoms with Crippen LogP contribution in [0.4, 0.5) is 0 Å². The fourth-order valence-corrected chi connectivity index (χ4v) is 6.72. The van der Waals surface area contributed by atoms with Gasteiger partial charge in [-0.1, -0.05) is 49.3 Å². The standard InChI is InChI=1S/C29H33NO4S/c1-17(2)22-14-23-27(29(33)30(28(23)32)15-21-5-4-12-35-21)24-16-34-25(26(22)24)11-6-18(3)13-19-7-9-20(31)10-8-19/h4-5,7-10,12-13,17,23-25,27,31H,6,11,14-16H2,1-3H3/b18-13+/t23-,24+,25-,27-/m1/s1. The van der Waals surface area contributed by atoms with E-state index in [4.69, 9.17) is 4.74 Å². The van der Waals surface area contributed by atoms with Crippen LogP contribution in [0.15, 0.2) is 58.5 Å². The summed E-state index contributed by atoms with van der Waals surface area (Å²) in [6, 6.07) is 11.2. The highest BCUT2D eigenvalue weighted by atomic mass is 32.1. The molecule has 2 saturated heterocycles. The molecule has 1 aromatic carbocycles. The Morgan fingerprint density at radius 3 is 2.63 bits per heavy atom. The van der Waals surface area contributed by atoms with Crippen molar-refractivity contribution in [3.63, 3.8) is 0 Å². The van der Waals surface area contributed by atoms with E-state index >= 15 is 0 Å². The fourth-order valence-electron chi connectivity index (χ4n) is 6.02. The lowest BCUT2D eigenvalue weighted by atomic mass is 9.67. The van der Waals surface area contributed by atoms with Crippen LogP contribution in [-0.2, 0) is 20.9 Å². The van der Waals surface area contributed by atoms with Crippen molar-refractivity contribution < 1.29 is 19.4 Å². The highest BCUT2D eigenvalue weighted by Gasteiger charge is 2.57. The zero-order chi connectivity index (χ0) is 24.7. The van der Waals surface area contributed by atoms with Crippen molar-refractivity contribution in [2.45, 2.75) is 52.7 Å². The molecule has 3 aliphatic rings. The zero-order valence-corrected chi connectivity index (χ0v) is 21.4. The van der Waals surface area contributed by atoms with E-state index in [-0.39, 0.29) is 41.4 Å². The summed E-state index contributed by atoms with van der Waals surface area (Å²) in [7, 11) is 0. The molecule has 2 aliphatic heterocycles. The first-order valence-corrected chi connectivity index (χ1v) is 13.4. The van der Waals surface area contributed by atoms with Gasteiger partial charge in [0.25, 0.3) is 0 Å². The summed E-state index contributed by atoms with van der Waals surface area (Å²) in [5.74, 6) is 0.00415. The van der Waals surface area contributed by atoms with Crippen molar-refractivity contribution in [1.29, 1.82) is 0 Å². The topological polar surface area (TPSA) is 66.8 Å². The first-order valence-electron chi connectivity index (χ1n) is 12.5. The van der Waals surface area contributed by atoms with Crippen molar-refractivity contribution in [2.24, 2.45) is 23.7 Å². The number of thiophene rings is 1. The quantitative estimate of drug-likeness (QED) is 0.392. The van der Waals surface area contributed by atoms with Gasteiger partial charge in [0.15, 0.2) is 0 Å². The molecule has 184 valence electrons. The normalized spacial score (nSPS) is 26.6. The average molecular weight is 492 g/mol. The Hall–Kier alpha value is -2.70. The average Bonchev–Trinajstić information content (AvgIpc) is 3.55. The molecule has 1 N–H and O–H groups in total. The number of carbonyl (C=O) groups excluding carboxylic acids is 2. The number of likely N-dealkylation sites (tertiary alicyclic amines) is 1. The molecule has 5 nitrogen and oxygen atoms in total. The van der Waals surface area contributed by atoms with Crippen LogP contribution in [0.5, 0.6) is 5.75 Å². The van der Waals surface area contributed by atoms with Crippen LogP contribution < -0.4 is 0 Å². The second-order valence-electron chi connectivity index (χ2n) is 10.4. The van der Waals surface area contributed by atoms with Crippen LogP contribution in [0, 0.1) is 23.7 Å². The van der Waals surface area contributed by atoms with Gasteiger partial charge < -0.3 is 9.84 Å². The molecule has 1 aliphatic carbocycles. The third-order valence-corrected chi connectivity index (χ3v) is 8.59. The predicted molar refractivity (Wildman–Crippen MR) is 138 cm³/mol. The molecule has 0 saturated carbocycles. The molecule has 35 heavy (non-hydrogen) atoms. The Morgan fingerprint density at radius 2 is 1.94 bits per heavy atom. The smallest absolute Gasteiger partial charge is 0.234 e. The second-order valence-corrected chi connectivity index (χ2v) is 11.4. The number of phenolic OH excluding ortho intramolecular Hbond substituents is 1. The summed E-state index contributed by atoms with van der Waals surface area (Å²) in [4.78, 5) is 29.4.